The number of guanidine groups is 1. The van der Waals surface area contributed by atoms with Crippen molar-refractivity contribution in [3.8, 4) is 11.5 Å². The molecule has 0 saturated heterocycles. The Labute approximate surface area is 144 Å². The highest BCUT2D eigenvalue weighted by Gasteiger charge is 2.10. The van der Waals surface area contributed by atoms with Crippen LogP contribution in [0, 0.1) is 0 Å². The van der Waals surface area contributed by atoms with Gasteiger partial charge in [0.05, 0.1) is 6.54 Å². The number of carbonyl (C=O) groups is 1. The number of nitrogens with zero attached hydrogens (tertiary/aromatic N) is 2. The van der Waals surface area contributed by atoms with Gasteiger partial charge < -0.3 is 25.5 Å². The molecule has 0 aliphatic rings. The van der Waals surface area contributed by atoms with Gasteiger partial charge in [0.15, 0.2) is 16.9 Å². The molecule has 4 N–H and O–H groups in total. The lowest BCUT2D eigenvalue weighted by Gasteiger charge is -2.01. The number of rotatable bonds is 8. The number of furan rings is 1. The van der Waals surface area contributed by atoms with Crippen molar-refractivity contribution >= 4 is 28.3 Å². The van der Waals surface area contributed by atoms with Crippen LogP contribution in [0.1, 0.15) is 19.1 Å². The molecule has 0 saturated carbocycles. The minimum absolute atomic E-state index is 0.103. The number of carbonyl (C=O) groups excluding carboxylic acids is 1. The standard InChI is InChI=1S/C15H21N5O3S/c1-10(21)18-8-11-4-5-13(23-11)12-9-24-15(19-12)20-14(16)17-6-3-7-22-2/h4-5,9H,3,6-8H2,1-2H3,(H,18,21)(H3,16,17,19,20). The highest BCUT2D eigenvalue weighted by atomic mass is 32.1. The average Bonchev–Trinajstić information content (AvgIpc) is 3.18. The fourth-order valence-electron chi connectivity index (χ4n) is 1.82. The smallest absolute Gasteiger partial charge is 0.217 e. The van der Waals surface area contributed by atoms with Gasteiger partial charge in [-0.15, -0.1) is 11.3 Å². The number of aromatic nitrogens is 1. The number of methoxy groups -OCH3 is 1. The van der Waals surface area contributed by atoms with E-state index in [9.17, 15) is 4.79 Å². The maximum absolute atomic E-state index is 10.9. The normalized spacial score (nSPS) is 11.5. The Morgan fingerprint density at radius 1 is 1.50 bits per heavy atom. The Balaban J connectivity index is 1.91. The minimum atomic E-state index is -0.103. The Morgan fingerprint density at radius 2 is 2.33 bits per heavy atom. The van der Waals surface area contributed by atoms with E-state index < -0.39 is 0 Å². The summed E-state index contributed by atoms with van der Waals surface area (Å²) in [5.74, 6) is 1.52. The molecule has 0 radical (unpaired) electrons. The van der Waals surface area contributed by atoms with Crippen molar-refractivity contribution in [2.45, 2.75) is 19.9 Å². The van der Waals surface area contributed by atoms with Crippen LogP contribution in [0.5, 0.6) is 0 Å². The van der Waals surface area contributed by atoms with Crippen molar-refractivity contribution in [1.82, 2.24) is 10.3 Å². The highest BCUT2D eigenvalue weighted by molar-refractivity contribution is 7.14. The predicted molar refractivity (Wildman–Crippen MR) is 93.9 cm³/mol. The van der Waals surface area contributed by atoms with Crippen LogP contribution in [0.2, 0.25) is 0 Å². The first kappa shape index (κ1) is 18.0. The fourth-order valence-corrected chi connectivity index (χ4v) is 2.53. The number of hydrogen-bond acceptors (Lipinski definition) is 6. The van der Waals surface area contributed by atoms with E-state index in [0.717, 1.165) is 6.42 Å². The molecule has 8 nitrogen and oxygen atoms in total. The van der Waals surface area contributed by atoms with Crippen LogP contribution in [-0.2, 0) is 16.1 Å². The Morgan fingerprint density at radius 3 is 3.08 bits per heavy atom. The first-order chi connectivity index (χ1) is 11.6. The molecule has 0 aliphatic carbocycles. The van der Waals surface area contributed by atoms with Crippen LogP contribution >= 0.6 is 11.3 Å². The Bertz CT molecular complexity index is 695. The number of anilines is 1. The van der Waals surface area contributed by atoms with Crippen molar-refractivity contribution in [2.24, 2.45) is 10.7 Å². The summed E-state index contributed by atoms with van der Waals surface area (Å²) in [6.07, 6.45) is 0.811. The third-order valence-corrected chi connectivity index (χ3v) is 3.71. The molecule has 0 spiro atoms. The number of amides is 1. The first-order valence-corrected chi connectivity index (χ1v) is 8.31. The maximum atomic E-state index is 10.9. The van der Waals surface area contributed by atoms with E-state index in [1.165, 1.54) is 18.3 Å². The van der Waals surface area contributed by atoms with Gasteiger partial charge in [0.2, 0.25) is 5.91 Å². The van der Waals surface area contributed by atoms with E-state index in [4.69, 9.17) is 14.9 Å². The lowest BCUT2D eigenvalue weighted by atomic mass is 10.3. The fraction of sp³-hybridized carbons (Fsp3) is 0.400. The molecule has 2 heterocycles. The van der Waals surface area contributed by atoms with E-state index in [2.05, 4.69) is 20.6 Å². The molecular formula is C15H21N5O3S. The lowest BCUT2D eigenvalue weighted by Crippen LogP contribution is -2.22. The third-order valence-electron chi connectivity index (χ3n) is 2.95. The summed E-state index contributed by atoms with van der Waals surface area (Å²) in [6, 6.07) is 3.63. The summed E-state index contributed by atoms with van der Waals surface area (Å²) in [5, 5.41) is 8.13. The summed E-state index contributed by atoms with van der Waals surface area (Å²) in [5.41, 5.74) is 6.51. The molecule has 0 atom stereocenters. The summed E-state index contributed by atoms with van der Waals surface area (Å²) in [4.78, 5) is 19.5. The van der Waals surface area contributed by atoms with Crippen LogP contribution < -0.4 is 16.4 Å². The number of nitrogens with two attached hydrogens (primary N) is 1. The van der Waals surface area contributed by atoms with E-state index in [1.54, 1.807) is 7.11 Å². The maximum Gasteiger partial charge on any atom is 0.217 e. The van der Waals surface area contributed by atoms with Gasteiger partial charge in [-0.25, -0.2) is 4.98 Å². The van der Waals surface area contributed by atoms with Crippen LogP contribution in [0.15, 0.2) is 26.9 Å². The van der Waals surface area contributed by atoms with Gasteiger partial charge in [-0.2, -0.15) is 0 Å². The van der Waals surface area contributed by atoms with Gasteiger partial charge >= 0.3 is 0 Å². The minimum Gasteiger partial charge on any atom is -0.458 e. The number of thiazole rings is 1. The Hall–Kier alpha value is -2.39. The van der Waals surface area contributed by atoms with Crippen molar-refractivity contribution in [2.75, 3.05) is 25.6 Å². The van der Waals surface area contributed by atoms with Crippen LogP contribution in [-0.4, -0.2) is 37.1 Å². The highest BCUT2D eigenvalue weighted by Crippen LogP contribution is 2.26. The molecule has 130 valence electrons. The van der Waals surface area contributed by atoms with E-state index >= 15 is 0 Å². The zero-order valence-corrected chi connectivity index (χ0v) is 14.5. The van der Waals surface area contributed by atoms with Crippen molar-refractivity contribution in [1.29, 1.82) is 0 Å². The predicted octanol–water partition coefficient (Wildman–Crippen LogP) is 1.80. The quantitative estimate of drug-likeness (QED) is 0.379. The molecule has 2 aromatic rings. The average molecular weight is 351 g/mol. The monoisotopic (exact) mass is 351 g/mol. The van der Waals surface area contributed by atoms with E-state index in [0.29, 0.717) is 48.0 Å². The second-order valence-corrected chi connectivity index (χ2v) is 5.81. The number of aliphatic imine (C=N–C) groups is 1. The molecule has 24 heavy (non-hydrogen) atoms. The number of nitrogens with one attached hydrogen (secondary N) is 2. The molecule has 0 aromatic carbocycles. The summed E-state index contributed by atoms with van der Waals surface area (Å²) in [7, 11) is 1.65. The van der Waals surface area contributed by atoms with Crippen LogP contribution in [0.4, 0.5) is 5.13 Å². The van der Waals surface area contributed by atoms with Gasteiger partial charge in [0.1, 0.15) is 11.5 Å². The zero-order chi connectivity index (χ0) is 17.4. The van der Waals surface area contributed by atoms with Gasteiger partial charge in [0, 0.05) is 32.6 Å². The molecular weight excluding hydrogens is 330 g/mol. The largest absolute Gasteiger partial charge is 0.458 e. The van der Waals surface area contributed by atoms with Crippen molar-refractivity contribution < 1.29 is 13.9 Å². The van der Waals surface area contributed by atoms with E-state index in [1.807, 2.05) is 17.5 Å². The number of hydrogen-bond donors (Lipinski definition) is 3. The lowest BCUT2D eigenvalue weighted by molar-refractivity contribution is -0.119. The van der Waals surface area contributed by atoms with Crippen molar-refractivity contribution in [3.05, 3.63) is 23.3 Å². The SMILES string of the molecule is COCCCN=C(N)Nc1nc(-c2ccc(CNC(C)=O)o2)cs1. The molecule has 0 aliphatic heterocycles. The molecule has 2 rings (SSSR count). The van der Waals surface area contributed by atoms with Gasteiger partial charge in [0.25, 0.3) is 0 Å². The Kier molecular flexibility index (Phi) is 6.76. The second kappa shape index (κ2) is 9.04. The van der Waals surface area contributed by atoms with E-state index in [-0.39, 0.29) is 5.91 Å². The topological polar surface area (TPSA) is 115 Å². The molecule has 0 unspecified atom stereocenters. The van der Waals surface area contributed by atoms with Crippen LogP contribution in [0.25, 0.3) is 11.5 Å². The summed E-state index contributed by atoms with van der Waals surface area (Å²) in [6.45, 7) is 3.06. The molecule has 2 aromatic heterocycles. The van der Waals surface area contributed by atoms with Gasteiger partial charge in [-0.05, 0) is 18.6 Å². The molecule has 0 fully saturated rings. The van der Waals surface area contributed by atoms with Crippen molar-refractivity contribution in [3.63, 3.8) is 0 Å². The van der Waals surface area contributed by atoms with Gasteiger partial charge in [-0.3, -0.25) is 9.79 Å². The summed E-state index contributed by atoms with van der Waals surface area (Å²) < 4.78 is 10.6. The zero-order valence-electron chi connectivity index (χ0n) is 13.7. The number of ether oxygens (including phenoxy) is 1. The molecule has 1 amide bonds. The third kappa shape index (κ3) is 5.67. The van der Waals surface area contributed by atoms with Gasteiger partial charge in [-0.1, -0.05) is 0 Å². The summed E-state index contributed by atoms with van der Waals surface area (Å²) >= 11 is 1.41. The molecule has 9 heteroatoms. The first-order valence-electron chi connectivity index (χ1n) is 7.43. The van der Waals surface area contributed by atoms with Crippen LogP contribution in [0.3, 0.4) is 0 Å². The second-order valence-electron chi connectivity index (χ2n) is 4.95. The molecule has 0 bridgehead atoms.